The van der Waals surface area contributed by atoms with E-state index < -0.39 is 17.6 Å². The van der Waals surface area contributed by atoms with Gasteiger partial charge in [0.15, 0.2) is 0 Å². The summed E-state index contributed by atoms with van der Waals surface area (Å²) >= 11 is 0. The molecule has 0 spiro atoms. The Hall–Kier alpha value is 0.364. The van der Waals surface area contributed by atoms with Crippen LogP contribution in [-0.2, 0) is 26.6 Å². The number of hydrogen-bond donors (Lipinski definition) is 0. The monoisotopic (exact) mass is 889 g/mol. The third kappa shape index (κ3) is 41.7. The van der Waals surface area contributed by atoms with Crippen molar-refractivity contribution in [1.29, 1.82) is 0 Å². The quantitative estimate of drug-likeness (QED) is 0.0348. The molecule has 0 saturated carbocycles. The molecule has 356 valence electrons. The molecule has 58 heavy (non-hydrogen) atoms. The number of unbranched alkanes of at least 4 members (excludes halogenated alkanes) is 22. The average molecular weight is 890 g/mol. The lowest BCUT2D eigenvalue weighted by Crippen LogP contribution is -3.00. The maximum Gasteiger partial charge on any atom is 0.500 e. The molecular weight excluding hydrogens is 784 g/mol. The van der Waals surface area contributed by atoms with E-state index in [1.165, 1.54) is 167 Å². The van der Waals surface area contributed by atoms with Gasteiger partial charge in [-0.2, -0.15) is 0 Å². The van der Waals surface area contributed by atoms with Crippen LogP contribution in [0.4, 0.5) is 0 Å². The number of quaternary nitrogens is 2. The highest BCUT2D eigenvalue weighted by molar-refractivity contribution is 6.60. The van der Waals surface area contributed by atoms with E-state index in [1.807, 2.05) is 0 Å². The van der Waals surface area contributed by atoms with E-state index in [1.54, 1.807) is 49.6 Å². The minimum atomic E-state index is -2.40. The summed E-state index contributed by atoms with van der Waals surface area (Å²) < 4.78 is 35.3. The van der Waals surface area contributed by atoms with Gasteiger partial charge in [-0.3, -0.25) is 0 Å². The molecule has 0 unspecified atom stereocenters. The van der Waals surface area contributed by atoms with Crippen molar-refractivity contribution in [2.75, 3.05) is 104 Å². The van der Waals surface area contributed by atoms with Crippen LogP contribution in [0.25, 0.3) is 0 Å². The summed E-state index contributed by atoms with van der Waals surface area (Å²) in [5.74, 6) is 0. The number of rotatable bonds is 40. The standard InChI is InChI=1S/2C22H50NO3Si.C2H5O.ClH/c2*1-7-8-9-10-11-12-13-14-15-16-17-18-20-23(2,3)21-19-22-27(24-4,25-5)26-6;1-2-3;/h2*7-22H2,1-6H3;2H2,1H3;1H/q2*+1;-1;/p-1. The molecule has 0 radical (unpaired) electrons. The molecule has 0 aromatic heterocycles. The highest BCUT2D eigenvalue weighted by Crippen LogP contribution is 2.19. The SMILES string of the molecule is CCCCCCCCCCCCCC[N+](C)(C)CCC[Si](OC)(OC)OC.CCCCCCCCCCCCCC[N+](C)(C)CCC[Si](OC)(OC)OC.CC[O-].[Cl-]. The zero-order valence-corrected chi connectivity index (χ0v) is 44.2. The molecule has 12 heteroatoms. The van der Waals surface area contributed by atoms with Gasteiger partial charge in [0.2, 0.25) is 0 Å². The van der Waals surface area contributed by atoms with Crippen molar-refractivity contribution in [1.82, 2.24) is 0 Å². The molecule has 9 nitrogen and oxygen atoms in total. The van der Waals surface area contributed by atoms with Crippen molar-refractivity contribution in [3.63, 3.8) is 0 Å². The minimum Gasteiger partial charge on any atom is -1.00 e. The van der Waals surface area contributed by atoms with Crippen LogP contribution < -0.4 is 17.5 Å². The smallest absolute Gasteiger partial charge is 0.500 e. The lowest BCUT2D eigenvalue weighted by Gasteiger charge is -2.31. The maximum absolute atomic E-state index is 8.93. The van der Waals surface area contributed by atoms with Crippen molar-refractivity contribution in [3.05, 3.63) is 0 Å². The number of nitrogens with zero attached hydrogens (tertiary/aromatic N) is 2. The molecule has 0 aliphatic rings. The topological polar surface area (TPSA) is 78.4 Å². The zero-order chi connectivity index (χ0) is 43.6. The lowest BCUT2D eigenvalue weighted by atomic mass is 10.1. The Labute approximate surface area is 372 Å². The fourth-order valence-corrected chi connectivity index (χ4v) is 11.0. The van der Waals surface area contributed by atoms with Gasteiger partial charge in [0.25, 0.3) is 0 Å². The maximum atomic E-state index is 8.93. The van der Waals surface area contributed by atoms with Crippen molar-refractivity contribution in [2.45, 2.75) is 200 Å². The van der Waals surface area contributed by atoms with Gasteiger partial charge in [0.1, 0.15) is 0 Å². The van der Waals surface area contributed by atoms with Gasteiger partial charge in [-0.1, -0.05) is 149 Å². The van der Waals surface area contributed by atoms with Gasteiger partial charge < -0.3 is 53.0 Å². The third-order valence-electron chi connectivity index (χ3n) is 11.6. The molecule has 0 aromatic rings. The van der Waals surface area contributed by atoms with Gasteiger partial charge in [-0.15, -0.1) is 6.61 Å². The summed E-state index contributed by atoms with van der Waals surface area (Å²) in [5, 5.41) is 8.93. The van der Waals surface area contributed by atoms with Crippen LogP contribution in [0.5, 0.6) is 0 Å². The first-order valence-corrected chi connectivity index (χ1v) is 27.7. The summed E-state index contributed by atoms with van der Waals surface area (Å²) in [6.45, 7) is 11.0. The molecule has 0 bridgehead atoms. The Bertz CT molecular complexity index is 717. The van der Waals surface area contributed by atoms with Gasteiger partial charge >= 0.3 is 17.6 Å². The zero-order valence-electron chi connectivity index (χ0n) is 41.5. The average Bonchev–Trinajstić information content (AvgIpc) is 3.20. The molecule has 0 rings (SSSR count). The first-order valence-electron chi connectivity index (χ1n) is 23.8. The van der Waals surface area contributed by atoms with Gasteiger partial charge in [-0.25, -0.2) is 0 Å². The fraction of sp³-hybridized carbons (Fsp3) is 1.00. The van der Waals surface area contributed by atoms with Crippen LogP contribution in [-0.4, -0.2) is 130 Å². The van der Waals surface area contributed by atoms with Crippen LogP contribution >= 0.6 is 0 Å². The van der Waals surface area contributed by atoms with Gasteiger partial charge in [0.05, 0.1) is 54.4 Å². The van der Waals surface area contributed by atoms with Crippen LogP contribution in [0.1, 0.15) is 188 Å². The van der Waals surface area contributed by atoms with E-state index in [9.17, 15) is 0 Å². The molecule has 0 fully saturated rings. The second-order valence-corrected chi connectivity index (χ2v) is 23.8. The molecule has 0 amide bonds. The summed E-state index contributed by atoms with van der Waals surface area (Å²) in [4.78, 5) is 0. The van der Waals surface area contributed by atoms with Crippen LogP contribution in [0.15, 0.2) is 0 Å². The van der Waals surface area contributed by atoms with E-state index in [2.05, 4.69) is 42.0 Å². The van der Waals surface area contributed by atoms with E-state index >= 15 is 0 Å². The largest absolute Gasteiger partial charge is 1.00 e. The van der Waals surface area contributed by atoms with Crippen LogP contribution in [0, 0.1) is 0 Å². The third-order valence-corrected chi connectivity index (χ3v) is 17.3. The Morgan fingerprint density at radius 2 is 0.500 bits per heavy atom. The predicted octanol–water partition coefficient (Wildman–Crippen LogP) is 8.43. The lowest BCUT2D eigenvalue weighted by molar-refractivity contribution is -0.890. The molecule has 0 N–H and O–H groups in total. The molecule has 0 aliphatic carbocycles. The molecular formula is C46H105ClN2O7Si2. The van der Waals surface area contributed by atoms with Crippen molar-refractivity contribution in [3.8, 4) is 0 Å². The molecule has 0 atom stereocenters. The van der Waals surface area contributed by atoms with Gasteiger partial charge in [0, 0.05) is 67.6 Å². The number of hydrogen-bond acceptors (Lipinski definition) is 7. The first-order chi connectivity index (χ1) is 27.3. The predicted molar refractivity (Wildman–Crippen MR) is 249 cm³/mol. The Kier molecular flexibility index (Phi) is 50.9. The highest BCUT2D eigenvalue weighted by atomic mass is 35.5. The Morgan fingerprint density at radius 3 is 0.690 bits per heavy atom. The molecule has 0 saturated heterocycles. The van der Waals surface area contributed by atoms with E-state index in [4.69, 9.17) is 31.7 Å². The van der Waals surface area contributed by atoms with E-state index in [0.29, 0.717) is 0 Å². The minimum absolute atomic E-state index is 0. The fourth-order valence-electron chi connectivity index (χ4n) is 7.54. The normalized spacial score (nSPS) is 12.1. The molecule has 0 aliphatic heterocycles. The summed E-state index contributed by atoms with van der Waals surface area (Å²) in [6, 6.07) is 1.80. The van der Waals surface area contributed by atoms with E-state index in [-0.39, 0.29) is 19.0 Å². The van der Waals surface area contributed by atoms with Crippen molar-refractivity contribution < 1.29 is 53.0 Å². The van der Waals surface area contributed by atoms with Crippen LogP contribution in [0.3, 0.4) is 0 Å². The Balaban J connectivity index is -0.000000463. The second-order valence-electron chi connectivity index (χ2n) is 17.6. The Morgan fingerprint density at radius 1 is 0.328 bits per heavy atom. The van der Waals surface area contributed by atoms with Crippen molar-refractivity contribution in [2.24, 2.45) is 0 Å². The van der Waals surface area contributed by atoms with Crippen LogP contribution in [0.2, 0.25) is 12.1 Å². The first kappa shape index (κ1) is 65.0. The second kappa shape index (κ2) is 45.4. The van der Waals surface area contributed by atoms with E-state index in [0.717, 1.165) is 47.0 Å². The summed E-state index contributed by atoms with van der Waals surface area (Å²) in [6.07, 6.45) is 36.1. The summed E-state index contributed by atoms with van der Waals surface area (Å²) in [7, 11) is 14.8. The summed E-state index contributed by atoms with van der Waals surface area (Å²) in [5.41, 5.74) is 0. The number of halogens is 1. The molecule has 0 heterocycles. The highest BCUT2D eigenvalue weighted by Gasteiger charge is 2.38. The van der Waals surface area contributed by atoms with Gasteiger partial charge in [-0.05, 0) is 25.7 Å². The van der Waals surface area contributed by atoms with Crippen molar-refractivity contribution >= 4 is 17.6 Å². The molecule has 0 aromatic carbocycles.